The van der Waals surface area contributed by atoms with Gasteiger partial charge in [-0.25, -0.2) is 0 Å². The second kappa shape index (κ2) is 9.15. The molecule has 0 saturated carbocycles. The van der Waals surface area contributed by atoms with Crippen LogP contribution in [0.1, 0.15) is 37.3 Å². The molecule has 0 unspecified atom stereocenters. The average Bonchev–Trinajstić information content (AvgIpc) is 2.91. The van der Waals surface area contributed by atoms with Crippen LogP contribution in [0.5, 0.6) is 0 Å². The van der Waals surface area contributed by atoms with Crippen molar-refractivity contribution >= 4 is 11.6 Å². The molecular formula is C21H33N3O3. The molecule has 0 aromatic heterocycles. The molecule has 6 nitrogen and oxygen atoms in total. The Kier molecular flexibility index (Phi) is 6.87. The van der Waals surface area contributed by atoms with E-state index >= 15 is 0 Å². The summed E-state index contributed by atoms with van der Waals surface area (Å²) in [6.45, 7) is 11.3. The zero-order chi connectivity index (χ0) is 19.4. The number of nitrogens with one attached hydrogen (secondary N) is 1. The van der Waals surface area contributed by atoms with Crippen LogP contribution in [0.4, 0.5) is 5.69 Å². The fraction of sp³-hybridized carbons (Fsp3) is 0.667. The van der Waals surface area contributed by atoms with Crippen LogP contribution < -0.4 is 5.32 Å². The summed E-state index contributed by atoms with van der Waals surface area (Å²) in [6, 6.07) is 6.27. The molecule has 2 fully saturated rings. The first-order chi connectivity index (χ1) is 13.0. The van der Waals surface area contributed by atoms with E-state index in [1.165, 1.54) is 5.56 Å². The second-order valence-corrected chi connectivity index (χ2v) is 8.08. The highest BCUT2D eigenvalue weighted by Gasteiger charge is 2.32. The van der Waals surface area contributed by atoms with Crippen molar-refractivity contribution in [3.8, 4) is 0 Å². The zero-order valence-electron chi connectivity index (χ0n) is 16.8. The summed E-state index contributed by atoms with van der Waals surface area (Å²) in [7, 11) is 0. The molecule has 6 heteroatoms. The van der Waals surface area contributed by atoms with Crippen molar-refractivity contribution in [1.29, 1.82) is 0 Å². The van der Waals surface area contributed by atoms with E-state index in [1.807, 2.05) is 19.1 Å². The lowest BCUT2D eigenvalue weighted by Gasteiger charge is -2.28. The quantitative estimate of drug-likeness (QED) is 0.822. The Labute approximate surface area is 162 Å². The smallest absolute Gasteiger partial charge is 0.238 e. The predicted molar refractivity (Wildman–Crippen MR) is 107 cm³/mol. The molecule has 1 amide bonds. The topological polar surface area (TPSA) is 65.0 Å². The molecule has 2 heterocycles. The number of hydrogen-bond acceptors (Lipinski definition) is 5. The fourth-order valence-corrected chi connectivity index (χ4v) is 4.09. The summed E-state index contributed by atoms with van der Waals surface area (Å²) in [5, 5.41) is 13.2. The minimum Gasteiger partial charge on any atom is -0.389 e. The van der Waals surface area contributed by atoms with E-state index in [2.05, 4.69) is 35.0 Å². The Balaban J connectivity index is 1.56. The number of aryl methyl sites for hydroxylation is 1. The van der Waals surface area contributed by atoms with Crippen molar-refractivity contribution < 1.29 is 14.6 Å². The van der Waals surface area contributed by atoms with Crippen LogP contribution >= 0.6 is 0 Å². The van der Waals surface area contributed by atoms with E-state index in [0.717, 1.165) is 43.9 Å². The Morgan fingerprint density at radius 2 is 2.07 bits per heavy atom. The molecule has 2 aliphatic heterocycles. The Morgan fingerprint density at radius 1 is 1.26 bits per heavy atom. The number of aliphatic hydroxyl groups excluding tert-OH is 1. The first-order valence-corrected chi connectivity index (χ1v) is 10.1. The van der Waals surface area contributed by atoms with Crippen molar-refractivity contribution in [2.75, 3.05) is 51.3 Å². The molecule has 2 saturated heterocycles. The normalized spacial score (nSPS) is 24.9. The van der Waals surface area contributed by atoms with Gasteiger partial charge in [0, 0.05) is 18.8 Å². The van der Waals surface area contributed by atoms with Crippen molar-refractivity contribution in [1.82, 2.24) is 9.80 Å². The third kappa shape index (κ3) is 5.08. The van der Waals surface area contributed by atoms with Gasteiger partial charge in [-0.05, 0) is 43.5 Å². The van der Waals surface area contributed by atoms with Crippen molar-refractivity contribution in [3.05, 3.63) is 29.3 Å². The van der Waals surface area contributed by atoms with Crippen molar-refractivity contribution in [2.45, 2.75) is 45.3 Å². The molecule has 3 rings (SSSR count). The van der Waals surface area contributed by atoms with Crippen LogP contribution in [0.3, 0.4) is 0 Å². The molecule has 150 valence electrons. The van der Waals surface area contributed by atoms with Gasteiger partial charge in [-0.2, -0.15) is 0 Å². The number of amides is 1. The van der Waals surface area contributed by atoms with Gasteiger partial charge in [-0.1, -0.05) is 32.0 Å². The van der Waals surface area contributed by atoms with Crippen LogP contribution in [0.2, 0.25) is 0 Å². The maximum atomic E-state index is 12.7. The zero-order valence-corrected chi connectivity index (χ0v) is 16.8. The minimum absolute atomic E-state index is 0.0453. The number of aliphatic hydroxyl groups is 1. The number of hydrogen-bond donors (Lipinski definition) is 2. The van der Waals surface area contributed by atoms with E-state index in [1.54, 1.807) is 0 Å². The predicted octanol–water partition coefficient (Wildman–Crippen LogP) is 1.82. The van der Waals surface area contributed by atoms with Crippen molar-refractivity contribution in [3.63, 3.8) is 0 Å². The van der Waals surface area contributed by atoms with Gasteiger partial charge < -0.3 is 15.2 Å². The van der Waals surface area contributed by atoms with Gasteiger partial charge in [0.25, 0.3) is 0 Å². The number of ether oxygens (including phenoxy) is 1. The van der Waals surface area contributed by atoms with Gasteiger partial charge in [0.15, 0.2) is 0 Å². The Morgan fingerprint density at radius 3 is 2.78 bits per heavy atom. The number of nitrogens with zero attached hydrogens (tertiary/aromatic N) is 2. The summed E-state index contributed by atoms with van der Waals surface area (Å²) >= 11 is 0. The van der Waals surface area contributed by atoms with E-state index in [-0.39, 0.29) is 11.9 Å². The Bertz CT molecular complexity index is 650. The van der Waals surface area contributed by atoms with E-state index in [4.69, 9.17) is 4.74 Å². The number of rotatable bonds is 5. The number of carbonyl (C=O) groups excluding carboxylic acids is 1. The third-order valence-corrected chi connectivity index (χ3v) is 5.67. The molecule has 1 aromatic rings. The number of para-hydroxylation sites is 1. The molecule has 27 heavy (non-hydrogen) atoms. The number of anilines is 1. The van der Waals surface area contributed by atoms with E-state index in [0.29, 0.717) is 25.7 Å². The Hall–Kier alpha value is -1.47. The molecule has 2 N–H and O–H groups in total. The largest absolute Gasteiger partial charge is 0.389 e. The molecule has 0 radical (unpaired) electrons. The standard InChI is InChI=1S/C21H33N3O3/c1-15(2)17-7-4-6-16(3)21(17)22-20(26)12-23-8-5-9-24(11-10-23)18-13-27-14-19(18)25/h4,6-7,15,18-19,25H,5,8-14H2,1-3H3,(H,22,26)/t18-,19-/m1/s1. The molecule has 2 atom stereocenters. The summed E-state index contributed by atoms with van der Waals surface area (Å²) in [5.74, 6) is 0.413. The maximum absolute atomic E-state index is 12.7. The van der Waals surface area contributed by atoms with Gasteiger partial charge in [0.2, 0.25) is 5.91 Å². The summed E-state index contributed by atoms with van der Waals surface area (Å²) < 4.78 is 5.39. The highest BCUT2D eigenvalue weighted by Crippen LogP contribution is 2.27. The first kappa shape index (κ1) is 20.3. The van der Waals surface area contributed by atoms with Gasteiger partial charge >= 0.3 is 0 Å². The average molecular weight is 376 g/mol. The van der Waals surface area contributed by atoms with Crippen LogP contribution in [-0.4, -0.2) is 78.9 Å². The minimum atomic E-state index is -0.393. The van der Waals surface area contributed by atoms with Gasteiger partial charge in [-0.3, -0.25) is 14.6 Å². The second-order valence-electron chi connectivity index (χ2n) is 8.08. The van der Waals surface area contributed by atoms with Crippen LogP contribution in [0, 0.1) is 6.92 Å². The van der Waals surface area contributed by atoms with Crippen LogP contribution in [0.15, 0.2) is 18.2 Å². The monoisotopic (exact) mass is 375 g/mol. The number of benzene rings is 1. The summed E-state index contributed by atoms with van der Waals surface area (Å²) in [6.07, 6.45) is 0.605. The van der Waals surface area contributed by atoms with Crippen LogP contribution in [0.25, 0.3) is 0 Å². The lowest BCUT2D eigenvalue weighted by atomic mass is 9.98. The van der Waals surface area contributed by atoms with Gasteiger partial charge in [-0.15, -0.1) is 0 Å². The molecule has 0 spiro atoms. The maximum Gasteiger partial charge on any atom is 0.238 e. The number of carbonyl (C=O) groups is 1. The van der Waals surface area contributed by atoms with Crippen molar-refractivity contribution in [2.24, 2.45) is 0 Å². The summed E-state index contributed by atoms with van der Waals surface area (Å²) in [5.41, 5.74) is 3.24. The highest BCUT2D eigenvalue weighted by molar-refractivity contribution is 5.93. The third-order valence-electron chi connectivity index (χ3n) is 5.67. The first-order valence-electron chi connectivity index (χ1n) is 10.1. The fourth-order valence-electron chi connectivity index (χ4n) is 4.09. The van der Waals surface area contributed by atoms with E-state index in [9.17, 15) is 9.90 Å². The van der Waals surface area contributed by atoms with E-state index < -0.39 is 6.10 Å². The summed E-state index contributed by atoms with van der Waals surface area (Å²) in [4.78, 5) is 17.2. The molecule has 2 aliphatic rings. The molecule has 0 aliphatic carbocycles. The van der Waals surface area contributed by atoms with Crippen LogP contribution in [-0.2, 0) is 9.53 Å². The highest BCUT2D eigenvalue weighted by atomic mass is 16.5. The molecule has 0 bridgehead atoms. The lowest BCUT2D eigenvalue weighted by Crippen LogP contribution is -2.45. The SMILES string of the molecule is Cc1cccc(C(C)C)c1NC(=O)CN1CCCN([C@@H]2COC[C@H]2O)CC1. The van der Waals surface area contributed by atoms with Gasteiger partial charge in [0.05, 0.1) is 31.9 Å². The lowest BCUT2D eigenvalue weighted by molar-refractivity contribution is -0.117. The molecule has 1 aromatic carbocycles. The molecular weight excluding hydrogens is 342 g/mol. The van der Waals surface area contributed by atoms with Gasteiger partial charge in [0.1, 0.15) is 0 Å².